The summed E-state index contributed by atoms with van der Waals surface area (Å²) in [7, 11) is 0. The van der Waals surface area contributed by atoms with Crippen molar-refractivity contribution >= 4 is 87.0 Å². The molecule has 4 aromatic rings. The molecule has 2 heterocycles. The van der Waals surface area contributed by atoms with Crippen LogP contribution in [0.5, 0.6) is 11.5 Å². The smallest absolute Gasteiger partial charge is 0.210 e. The Balaban J connectivity index is 1.53. The summed E-state index contributed by atoms with van der Waals surface area (Å²) in [6.45, 7) is 1.37. The molecule has 2 aliphatic heterocycles. The Morgan fingerprint density at radius 3 is 2.26 bits per heavy atom. The second-order valence-electron chi connectivity index (χ2n) is 10.2. The van der Waals surface area contributed by atoms with Gasteiger partial charge in [0.05, 0.1) is 0 Å². The van der Waals surface area contributed by atoms with E-state index in [1.54, 1.807) is 0 Å². The quantitative estimate of drug-likeness (QED) is 0.233. The van der Waals surface area contributed by atoms with Crippen molar-refractivity contribution < 1.29 is 24.2 Å². The summed E-state index contributed by atoms with van der Waals surface area (Å²) in [5.74, 6) is 0.474. The molecule has 1 spiro atoms. The standard InChI is InChI=1S/C31H19Br3O5/c1-15(35)13-30(37)29(36)27(34)28-24(12-22-20-6-4-18(32)10-16(20)2-8-25(22)38-28)31(30)14-23-21-7-5-19(33)11-17(21)3-9-26(23)39-31/h2-12,37H,13-14H2,1H3/t30-,31-/m0/s1. The number of hydrogen-bond acceptors (Lipinski definition) is 5. The molecule has 1 aliphatic carbocycles. The topological polar surface area (TPSA) is 72.8 Å². The van der Waals surface area contributed by atoms with Crippen LogP contribution in [-0.2, 0) is 16.0 Å². The van der Waals surface area contributed by atoms with Crippen LogP contribution in [0.2, 0.25) is 0 Å². The first kappa shape index (κ1) is 25.2. The van der Waals surface area contributed by atoms with Gasteiger partial charge < -0.3 is 14.6 Å². The van der Waals surface area contributed by atoms with Crippen LogP contribution < -0.4 is 9.47 Å². The number of ketones is 2. The van der Waals surface area contributed by atoms with Gasteiger partial charge in [-0.15, -0.1) is 0 Å². The molecule has 7 rings (SSSR count). The van der Waals surface area contributed by atoms with E-state index in [0.717, 1.165) is 41.6 Å². The first-order valence-corrected chi connectivity index (χ1v) is 14.7. The normalized spacial score (nSPS) is 23.3. The number of benzene rings is 4. The number of aliphatic hydroxyl groups is 1. The molecule has 0 unspecified atom stereocenters. The predicted molar refractivity (Wildman–Crippen MR) is 160 cm³/mol. The molecule has 1 N–H and O–H groups in total. The molecule has 0 amide bonds. The fraction of sp³-hybridized carbons (Fsp3) is 0.161. The number of halogens is 3. The molecule has 0 fully saturated rings. The third kappa shape index (κ3) is 3.51. The maximum absolute atomic E-state index is 13.9. The molecule has 0 radical (unpaired) electrons. The van der Waals surface area contributed by atoms with E-state index in [-0.39, 0.29) is 22.4 Å². The van der Waals surface area contributed by atoms with E-state index in [1.807, 2.05) is 66.7 Å². The number of Topliss-reactive ketones (excluding diaryl/α,β-unsaturated/α-hetero) is 2. The van der Waals surface area contributed by atoms with Gasteiger partial charge in [0.25, 0.3) is 0 Å². The third-order valence-electron chi connectivity index (χ3n) is 7.87. The maximum Gasteiger partial charge on any atom is 0.210 e. The Morgan fingerprint density at radius 1 is 0.923 bits per heavy atom. The molecule has 0 saturated carbocycles. The van der Waals surface area contributed by atoms with Crippen LogP contribution >= 0.6 is 47.8 Å². The number of carbonyl (C=O) groups is 2. The molecule has 2 atom stereocenters. The SMILES string of the molecule is CC(=O)C[C@]1(O)C(=O)C(Br)=C2Oc3ccc4cc(Br)ccc4c3C=C2[C@@]12Cc1c(ccc3cc(Br)ccc13)O2. The highest BCUT2D eigenvalue weighted by Crippen LogP contribution is 2.57. The number of fused-ring (bicyclic) bond motifs is 8. The maximum atomic E-state index is 13.9. The second-order valence-corrected chi connectivity index (χ2v) is 12.9. The lowest BCUT2D eigenvalue weighted by Gasteiger charge is -2.48. The molecular weight excluding hydrogens is 692 g/mol. The molecule has 0 aromatic heterocycles. The van der Waals surface area contributed by atoms with Gasteiger partial charge >= 0.3 is 0 Å². The summed E-state index contributed by atoms with van der Waals surface area (Å²) < 4.78 is 15.0. The van der Waals surface area contributed by atoms with Crippen molar-refractivity contribution in [3.8, 4) is 11.5 Å². The fourth-order valence-electron chi connectivity index (χ4n) is 6.13. The molecular formula is C31H19Br3O5. The van der Waals surface area contributed by atoms with E-state index in [1.165, 1.54) is 6.92 Å². The van der Waals surface area contributed by atoms with Crippen molar-refractivity contribution in [2.24, 2.45) is 0 Å². The molecule has 194 valence electrons. The van der Waals surface area contributed by atoms with Gasteiger partial charge in [0, 0.05) is 38.5 Å². The molecule has 5 nitrogen and oxygen atoms in total. The molecule has 0 saturated heterocycles. The van der Waals surface area contributed by atoms with E-state index in [2.05, 4.69) is 47.8 Å². The van der Waals surface area contributed by atoms with Crippen LogP contribution in [0.25, 0.3) is 27.6 Å². The van der Waals surface area contributed by atoms with Gasteiger partial charge in [0.1, 0.15) is 21.8 Å². The zero-order valence-electron chi connectivity index (χ0n) is 20.5. The van der Waals surface area contributed by atoms with E-state index in [0.29, 0.717) is 17.1 Å². The highest BCUT2D eigenvalue weighted by atomic mass is 79.9. The molecule has 4 aromatic carbocycles. The van der Waals surface area contributed by atoms with Crippen LogP contribution in [0.15, 0.2) is 85.4 Å². The van der Waals surface area contributed by atoms with E-state index in [9.17, 15) is 14.7 Å². The summed E-state index contributed by atoms with van der Waals surface area (Å²) in [6.07, 6.45) is 1.72. The minimum absolute atomic E-state index is 0.0815. The second kappa shape index (κ2) is 8.61. The summed E-state index contributed by atoms with van der Waals surface area (Å²) >= 11 is 10.5. The van der Waals surface area contributed by atoms with Gasteiger partial charge in [-0.05, 0) is 86.9 Å². The Kier molecular flexibility index (Phi) is 5.56. The Hall–Kier alpha value is -2.78. The van der Waals surface area contributed by atoms with Crippen LogP contribution in [-0.4, -0.2) is 27.9 Å². The molecule has 0 bridgehead atoms. The van der Waals surface area contributed by atoms with Gasteiger partial charge in [-0.3, -0.25) is 9.59 Å². The third-order valence-corrected chi connectivity index (χ3v) is 9.58. The van der Waals surface area contributed by atoms with Crippen molar-refractivity contribution in [1.29, 1.82) is 0 Å². The lowest BCUT2D eigenvalue weighted by Crippen LogP contribution is -2.66. The summed E-state index contributed by atoms with van der Waals surface area (Å²) in [4.78, 5) is 26.5. The van der Waals surface area contributed by atoms with Crippen molar-refractivity contribution in [3.05, 3.63) is 96.6 Å². The molecule has 8 heteroatoms. The number of ether oxygens (including phenoxy) is 2. The average molecular weight is 711 g/mol. The van der Waals surface area contributed by atoms with E-state index in [4.69, 9.17) is 9.47 Å². The van der Waals surface area contributed by atoms with Crippen LogP contribution in [0.1, 0.15) is 24.5 Å². The molecule has 3 aliphatic rings. The first-order valence-electron chi connectivity index (χ1n) is 12.3. The first-order chi connectivity index (χ1) is 18.6. The minimum atomic E-state index is -2.16. The summed E-state index contributed by atoms with van der Waals surface area (Å²) in [5.41, 5.74) is -1.56. The lowest BCUT2D eigenvalue weighted by atomic mass is 9.65. The fourth-order valence-corrected chi connectivity index (χ4v) is 7.51. The van der Waals surface area contributed by atoms with Crippen LogP contribution in [0.4, 0.5) is 0 Å². The van der Waals surface area contributed by atoms with Crippen LogP contribution in [0.3, 0.4) is 0 Å². The van der Waals surface area contributed by atoms with Crippen molar-refractivity contribution in [2.45, 2.75) is 31.0 Å². The highest BCUT2D eigenvalue weighted by molar-refractivity contribution is 9.12. The summed E-state index contributed by atoms with van der Waals surface area (Å²) in [6, 6.07) is 19.6. The Labute approximate surface area is 248 Å². The average Bonchev–Trinajstić information content (AvgIpc) is 3.31. The summed E-state index contributed by atoms with van der Waals surface area (Å²) in [5, 5.41) is 16.2. The van der Waals surface area contributed by atoms with E-state index >= 15 is 0 Å². The Bertz CT molecular complexity index is 1870. The van der Waals surface area contributed by atoms with Crippen molar-refractivity contribution in [2.75, 3.05) is 0 Å². The number of carbonyl (C=O) groups excluding carboxylic acids is 2. The van der Waals surface area contributed by atoms with Gasteiger partial charge in [0.2, 0.25) is 5.78 Å². The predicted octanol–water partition coefficient (Wildman–Crippen LogP) is 7.57. The largest absolute Gasteiger partial charge is 0.478 e. The zero-order valence-corrected chi connectivity index (χ0v) is 25.2. The van der Waals surface area contributed by atoms with Crippen LogP contribution in [0, 0.1) is 0 Å². The monoisotopic (exact) mass is 708 g/mol. The van der Waals surface area contributed by atoms with Gasteiger partial charge in [-0.25, -0.2) is 0 Å². The molecule has 39 heavy (non-hydrogen) atoms. The Morgan fingerprint density at radius 2 is 1.56 bits per heavy atom. The van der Waals surface area contributed by atoms with E-state index < -0.39 is 23.4 Å². The minimum Gasteiger partial charge on any atom is -0.478 e. The lowest BCUT2D eigenvalue weighted by molar-refractivity contribution is -0.160. The zero-order chi connectivity index (χ0) is 27.3. The number of hydrogen-bond donors (Lipinski definition) is 1. The van der Waals surface area contributed by atoms with Gasteiger partial charge in [0.15, 0.2) is 17.0 Å². The van der Waals surface area contributed by atoms with Gasteiger partial charge in [-0.1, -0.05) is 56.1 Å². The number of rotatable bonds is 2. The van der Waals surface area contributed by atoms with Gasteiger partial charge in [-0.2, -0.15) is 0 Å². The van der Waals surface area contributed by atoms with Crippen molar-refractivity contribution in [1.82, 2.24) is 0 Å². The van der Waals surface area contributed by atoms with Crippen molar-refractivity contribution in [3.63, 3.8) is 0 Å². The highest BCUT2D eigenvalue weighted by Gasteiger charge is 2.67.